The van der Waals surface area contributed by atoms with Crippen LogP contribution in [0.3, 0.4) is 0 Å². The van der Waals surface area contributed by atoms with Crippen molar-refractivity contribution in [3.05, 3.63) is 109 Å². The van der Waals surface area contributed by atoms with E-state index in [0.29, 0.717) is 33.0 Å². The molecule has 0 fully saturated rings. The van der Waals surface area contributed by atoms with Crippen LogP contribution in [-0.4, -0.2) is 51.9 Å². The number of hydrogen-bond donors (Lipinski definition) is 4. The van der Waals surface area contributed by atoms with E-state index in [0.717, 1.165) is 35.4 Å². The first-order chi connectivity index (χ1) is 22.3. The van der Waals surface area contributed by atoms with Gasteiger partial charge in [-0.15, -0.1) is 0 Å². The van der Waals surface area contributed by atoms with Gasteiger partial charge in [0.2, 0.25) is 0 Å². The average Bonchev–Trinajstić information content (AvgIpc) is 3.01. The molecule has 246 valence electrons. The Balaban J connectivity index is 1.40. The van der Waals surface area contributed by atoms with Crippen LogP contribution < -0.4 is 0 Å². The Labute approximate surface area is 274 Å². The highest BCUT2D eigenvalue weighted by molar-refractivity contribution is 7.86. The van der Waals surface area contributed by atoms with Crippen LogP contribution in [0.15, 0.2) is 129 Å². The lowest BCUT2D eigenvalue weighted by Crippen LogP contribution is -2.01. The first kappa shape index (κ1) is 33.4. The van der Waals surface area contributed by atoms with Crippen molar-refractivity contribution in [3.63, 3.8) is 0 Å². The molecule has 0 aliphatic carbocycles. The van der Waals surface area contributed by atoms with Gasteiger partial charge in [0, 0.05) is 0 Å². The molecule has 0 radical (unpaired) electrons. The van der Waals surface area contributed by atoms with Crippen LogP contribution in [0.4, 0.5) is 0 Å². The predicted molar refractivity (Wildman–Crippen MR) is 177 cm³/mol. The van der Waals surface area contributed by atoms with Crippen LogP contribution in [0.1, 0.15) is 0 Å². The standard InChI is InChI=1S/C32H22O12S4/c33-45(34,35)25-9-11-29-23(13-25)15-27(47(39,40)41)17-31(29)21-5-1-19(2-6-21)20-3-7-22(8-4-20)32-18-28(48(42,43)44)16-24-14-26(46(36,37)38)10-12-30(24)32/h1-18H,(H,33,34,35)(H,36,37,38)(H,39,40,41)(H,42,43,44). The molecule has 0 saturated carbocycles. The lowest BCUT2D eigenvalue weighted by molar-refractivity contribution is 0.480. The van der Waals surface area contributed by atoms with Gasteiger partial charge in [0.05, 0.1) is 19.6 Å². The van der Waals surface area contributed by atoms with Gasteiger partial charge in [-0.25, -0.2) is 0 Å². The molecule has 4 N–H and O–H groups in total. The quantitative estimate of drug-likeness (QED) is 0.140. The maximum absolute atomic E-state index is 12.0. The fourth-order valence-electron chi connectivity index (χ4n) is 5.42. The van der Waals surface area contributed by atoms with Gasteiger partial charge >= 0.3 is 0 Å². The molecule has 6 aromatic rings. The van der Waals surface area contributed by atoms with E-state index in [1.165, 1.54) is 36.4 Å². The second-order valence-corrected chi connectivity index (χ2v) is 16.4. The highest BCUT2D eigenvalue weighted by Gasteiger charge is 2.19. The van der Waals surface area contributed by atoms with Gasteiger partial charge in [-0.05, 0) is 103 Å². The summed E-state index contributed by atoms with van der Waals surface area (Å²) in [6.07, 6.45) is 0. The van der Waals surface area contributed by atoms with Crippen LogP contribution >= 0.6 is 0 Å². The third kappa shape index (κ3) is 6.60. The maximum Gasteiger partial charge on any atom is 0.294 e. The van der Waals surface area contributed by atoms with E-state index in [9.17, 15) is 51.9 Å². The molecule has 12 nitrogen and oxygen atoms in total. The number of hydrogen-bond acceptors (Lipinski definition) is 8. The van der Waals surface area contributed by atoms with E-state index in [2.05, 4.69) is 0 Å². The van der Waals surface area contributed by atoms with Crippen LogP contribution in [0.2, 0.25) is 0 Å². The molecule has 6 rings (SSSR count). The minimum atomic E-state index is -4.68. The summed E-state index contributed by atoms with van der Waals surface area (Å²) < 4.78 is 133. The van der Waals surface area contributed by atoms with Crippen LogP contribution in [0.25, 0.3) is 54.9 Å². The maximum atomic E-state index is 12.0. The Morgan fingerprint density at radius 2 is 0.583 bits per heavy atom. The van der Waals surface area contributed by atoms with Crippen molar-refractivity contribution in [3.8, 4) is 33.4 Å². The smallest absolute Gasteiger partial charge is 0.282 e. The van der Waals surface area contributed by atoms with Crippen LogP contribution in [0, 0.1) is 0 Å². The summed E-state index contributed by atoms with van der Waals surface area (Å²) in [7, 11) is -18.5. The SMILES string of the molecule is O=S(=O)(O)c1ccc2c(-c3ccc(-c4ccc(-c5cc(S(=O)(=O)O)cc6cc(S(=O)(=O)O)ccc56)cc4)cc3)cc(S(=O)(=O)O)cc2c1. The van der Waals surface area contributed by atoms with Gasteiger partial charge < -0.3 is 0 Å². The van der Waals surface area contributed by atoms with Gasteiger partial charge in [-0.2, -0.15) is 33.7 Å². The van der Waals surface area contributed by atoms with E-state index >= 15 is 0 Å². The van der Waals surface area contributed by atoms with Crippen molar-refractivity contribution in [2.24, 2.45) is 0 Å². The molecule has 0 unspecified atom stereocenters. The van der Waals surface area contributed by atoms with Gasteiger partial charge in [-0.1, -0.05) is 60.7 Å². The molecule has 0 atom stereocenters. The van der Waals surface area contributed by atoms with Gasteiger partial charge in [0.25, 0.3) is 40.5 Å². The molecule has 0 aliphatic rings. The second-order valence-electron chi connectivity index (χ2n) is 10.8. The molecule has 0 amide bonds. The lowest BCUT2D eigenvalue weighted by Gasteiger charge is -2.13. The third-order valence-corrected chi connectivity index (χ3v) is 11.1. The summed E-state index contributed by atoms with van der Waals surface area (Å²) in [6.45, 7) is 0. The molecule has 0 aromatic heterocycles. The van der Waals surface area contributed by atoms with Gasteiger partial charge in [-0.3, -0.25) is 18.2 Å². The minimum Gasteiger partial charge on any atom is -0.282 e. The average molecular weight is 727 g/mol. The molecule has 0 bridgehead atoms. The normalized spacial score (nSPS) is 12.8. The molecule has 0 heterocycles. The highest BCUT2D eigenvalue weighted by Crippen LogP contribution is 2.36. The summed E-state index contributed by atoms with van der Waals surface area (Å²) in [5.74, 6) is 0. The summed E-state index contributed by atoms with van der Waals surface area (Å²) in [6, 6.07) is 25.8. The predicted octanol–water partition coefficient (Wildman–Crippen LogP) is 5.98. The zero-order valence-corrected chi connectivity index (χ0v) is 27.3. The summed E-state index contributed by atoms with van der Waals surface area (Å²) in [5, 5.41) is 1.20. The van der Waals surface area contributed by atoms with E-state index < -0.39 is 60.1 Å². The summed E-state index contributed by atoms with van der Waals surface area (Å²) in [5.41, 5.74) is 3.25. The fourth-order valence-corrected chi connectivity index (χ4v) is 7.54. The van der Waals surface area contributed by atoms with Crippen LogP contribution in [-0.2, 0) is 40.5 Å². The van der Waals surface area contributed by atoms with Gasteiger partial charge in [0.15, 0.2) is 0 Å². The van der Waals surface area contributed by atoms with Crippen molar-refractivity contribution >= 4 is 62.0 Å². The van der Waals surface area contributed by atoms with E-state index in [-0.39, 0.29) is 10.8 Å². The van der Waals surface area contributed by atoms with Crippen molar-refractivity contribution < 1.29 is 51.9 Å². The summed E-state index contributed by atoms with van der Waals surface area (Å²) in [4.78, 5) is -1.85. The van der Waals surface area contributed by atoms with E-state index in [1.807, 2.05) is 0 Å². The minimum absolute atomic E-state index is 0.148. The first-order valence-corrected chi connectivity index (χ1v) is 19.3. The van der Waals surface area contributed by atoms with Crippen molar-refractivity contribution in [2.45, 2.75) is 19.6 Å². The topological polar surface area (TPSA) is 217 Å². The number of fused-ring (bicyclic) bond motifs is 2. The monoisotopic (exact) mass is 726 g/mol. The largest absolute Gasteiger partial charge is 0.294 e. The van der Waals surface area contributed by atoms with Crippen molar-refractivity contribution in [1.29, 1.82) is 0 Å². The molecular weight excluding hydrogens is 705 g/mol. The number of rotatable bonds is 7. The zero-order valence-electron chi connectivity index (χ0n) is 24.1. The van der Waals surface area contributed by atoms with Crippen molar-refractivity contribution in [1.82, 2.24) is 0 Å². The Bertz CT molecular complexity index is 2540. The van der Waals surface area contributed by atoms with Crippen molar-refractivity contribution in [2.75, 3.05) is 0 Å². The Morgan fingerprint density at radius 3 is 0.875 bits per heavy atom. The van der Waals surface area contributed by atoms with Gasteiger partial charge in [0.1, 0.15) is 0 Å². The lowest BCUT2D eigenvalue weighted by atomic mass is 9.94. The molecule has 0 spiro atoms. The van der Waals surface area contributed by atoms with Crippen LogP contribution in [0.5, 0.6) is 0 Å². The molecule has 0 aliphatic heterocycles. The molecule has 0 saturated heterocycles. The Kier molecular flexibility index (Phi) is 8.05. The first-order valence-electron chi connectivity index (χ1n) is 13.6. The second kappa shape index (κ2) is 11.6. The molecule has 6 aromatic carbocycles. The highest BCUT2D eigenvalue weighted by atomic mass is 32.2. The third-order valence-electron chi connectivity index (χ3n) is 7.71. The van der Waals surface area contributed by atoms with E-state index in [4.69, 9.17) is 0 Å². The molecule has 16 heteroatoms. The summed E-state index contributed by atoms with van der Waals surface area (Å²) >= 11 is 0. The van der Waals surface area contributed by atoms with E-state index in [1.54, 1.807) is 48.5 Å². The fraction of sp³-hybridized carbons (Fsp3) is 0. The number of benzene rings is 6. The Hall–Kier alpha value is -4.52. The Morgan fingerprint density at radius 1 is 0.312 bits per heavy atom. The molecular formula is C32H22O12S4. The zero-order chi connectivity index (χ0) is 34.8. The molecule has 48 heavy (non-hydrogen) atoms.